The quantitative estimate of drug-likeness (QED) is 0.876. The summed E-state index contributed by atoms with van der Waals surface area (Å²) in [5.74, 6) is 0.371. The molecule has 4 nitrogen and oxygen atoms in total. The largest absolute Gasteiger partial charge is 0.319 e. The van der Waals surface area contributed by atoms with Gasteiger partial charge in [0.15, 0.2) is 0 Å². The summed E-state index contributed by atoms with van der Waals surface area (Å²) < 4.78 is 27.7. The van der Waals surface area contributed by atoms with Gasteiger partial charge in [0.05, 0.1) is 0 Å². The summed E-state index contributed by atoms with van der Waals surface area (Å²) in [4.78, 5) is 1.12. The first-order chi connectivity index (χ1) is 9.46. The molecule has 0 aromatic carbocycles. The third kappa shape index (κ3) is 3.24. The molecule has 1 aliphatic rings. The third-order valence-electron chi connectivity index (χ3n) is 3.84. The van der Waals surface area contributed by atoms with Gasteiger partial charge in [-0.2, -0.15) is 4.31 Å². The van der Waals surface area contributed by atoms with Crippen LogP contribution in [0.3, 0.4) is 0 Å². The van der Waals surface area contributed by atoms with Crippen LogP contribution in [0.4, 0.5) is 0 Å². The van der Waals surface area contributed by atoms with Gasteiger partial charge in [-0.3, -0.25) is 0 Å². The highest BCUT2D eigenvalue weighted by Crippen LogP contribution is 2.33. The number of nitrogens with one attached hydrogen (secondary N) is 1. The smallest absolute Gasteiger partial charge is 0.252 e. The average molecular weight is 316 g/mol. The van der Waals surface area contributed by atoms with E-state index in [0.29, 0.717) is 16.7 Å². The highest BCUT2D eigenvalue weighted by molar-refractivity contribution is 7.91. The molecule has 1 saturated heterocycles. The Morgan fingerprint density at radius 2 is 2.20 bits per heavy atom. The van der Waals surface area contributed by atoms with Gasteiger partial charge >= 0.3 is 0 Å². The van der Waals surface area contributed by atoms with Crippen molar-refractivity contribution >= 4 is 21.4 Å². The fourth-order valence-electron chi connectivity index (χ4n) is 2.73. The fourth-order valence-corrected chi connectivity index (χ4v) is 6.04. The molecule has 1 aromatic rings. The Balaban J connectivity index is 2.19. The monoisotopic (exact) mass is 316 g/mol. The number of hydrogen-bond acceptors (Lipinski definition) is 4. The van der Waals surface area contributed by atoms with Gasteiger partial charge in [0.25, 0.3) is 10.0 Å². The maximum absolute atomic E-state index is 12.8. The van der Waals surface area contributed by atoms with Crippen LogP contribution in [-0.2, 0) is 16.4 Å². The van der Waals surface area contributed by atoms with Gasteiger partial charge in [0, 0.05) is 17.5 Å². The molecule has 2 rings (SSSR count). The maximum Gasteiger partial charge on any atom is 0.252 e. The zero-order chi connectivity index (χ0) is 14.8. The molecule has 1 aliphatic heterocycles. The Bertz CT molecular complexity index is 537. The number of nitrogens with zero attached hydrogens (tertiary/aromatic N) is 1. The van der Waals surface area contributed by atoms with E-state index in [1.54, 1.807) is 10.4 Å². The predicted molar refractivity (Wildman–Crippen MR) is 83.7 cm³/mol. The summed E-state index contributed by atoms with van der Waals surface area (Å²) in [5.41, 5.74) is 0. The molecule has 2 heterocycles. The molecule has 0 bridgehead atoms. The summed E-state index contributed by atoms with van der Waals surface area (Å²) in [6.45, 7) is 5.74. The molecule has 6 heteroatoms. The van der Waals surface area contributed by atoms with Crippen LogP contribution in [-0.4, -0.2) is 38.9 Å². The van der Waals surface area contributed by atoms with Crippen LogP contribution in [0, 0.1) is 5.92 Å². The molecule has 1 aromatic heterocycles. The summed E-state index contributed by atoms with van der Waals surface area (Å²) in [6.07, 6.45) is 2.83. The zero-order valence-electron chi connectivity index (χ0n) is 12.4. The van der Waals surface area contributed by atoms with Crippen molar-refractivity contribution in [2.45, 2.75) is 43.4 Å². The molecule has 0 spiro atoms. The predicted octanol–water partition coefficient (Wildman–Crippen LogP) is 2.32. The van der Waals surface area contributed by atoms with Gasteiger partial charge in [0.1, 0.15) is 4.21 Å². The van der Waals surface area contributed by atoms with Gasteiger partial charge in [-0.05, 0) is 50.9 Å². The van der Waals surface area contributed by atoms with E-state index in [2.05, 4.69) is 19.2 Å². The molecule has 0 radical (unpaired) electrons. The van der Waals surface area contributed by atoms with Gasteiger partial charge in [0.2, 0.25) is 0 Å². The second-order valence-corrected chi connectivity index (χ2v) is 8.93. The molecule has 20 heavy (non-hydrogen) atoms. The van der Waals surface area contributed by atoms with Gasteiger partial charge in [-0.1, -0.05) is 13.8 Å². The molecule has 1 fully saturated rings. The SMILES string of the molecule is CNCCc1ccc(S(=O)(=O)N2CCCC2C(C)C)s1. The first kappa shape index (κ1) is 15.9. The van der Waals surface area contributed by atoms with Gasteiger partial charge in [-0.25, -0.2) is 8.42 Å². The van der Waals surface area contributed by atoms with Crippen molar-refractivity contribution in [1.29, 1.82) is 0 Å². The number of likely N-dealkylation sites (N-methyl/N-ethyl adjacent to an activating group) is 1. The van der Waals surface area contributed by atoms with Crippen LogP contribution >= 0.6 is 11.3 Å². The van der Waals surface area contributed by atoms with Crippen LogP contribution in [0.2, 0.25) is 0 Å². The maximum atomic E-state index is 12.8. The van der Waals surface area contributed by atoms with Crippen molar-refractivity contribution in [3.05, 3.63) is 17.0 Å². The minimum Gasteiger partial charge on any atom is -0.319 e. The molecule has 1 atom stereocenters. The van der Waals surface area contributed by atoms with Crippen molar-refractivity contribution in [3.63, 3.8) is 0 Å². The second-order valence-electron chi connectivity index (χ2n) is 5.64. The second kappa shape index (κ2) is 6.56. The molecule has 0 aliphatic carbocycles. The van der Waals surface area contributed by atoms with E-state index in [9.17, 15) is 8.42 Å². The van der Waals surface area contributed by atoms with E-state index >= 15 is 0 Å². The Labute approximate surface area is 126 Å². The molecule has 114 valence electrons. The summed E-state index contributed by atoms with van der Waals surface area (Å²) in [7, 11) is -1.40. The first-order valence-corrected chi connectivity index (χ1v) is 9.47. The van der Waals surface area contributed by atoms with E-state index in [-0.39, 0.29) is 6.04 Å². The summed E-state index contributed by atoms with van der Waals surface area (Å²) in [5, 5.41) is 3.09. The van der Waals surface area contributed by atoms with E-state index in [1.165, 1.54) is 11.3 Å². The normalized spacial score (nSPS) is 20.9. The number of rotatable bonds is 6. The van der Waals surface area contributed by atoms with Crippen LogP contribution in [0.1, 0.15) is 31.6 Å². The van der Waals surface area contributed by atoms with E-state index in [4.69, 9.17) is 0 Å². The molecule has 0 amide bonds. The van der Waals surface area contributed by atoms with E-state index in [0.717, 1.165) is 30.7 Å². The van der Waals surface area contributed by atoms with E-state index < -0.39 is 10.0 Å². The topological polar surface area (TPSA) is 49.4 Å². The minimum absolute atomic E-state index is 0.155. The lowest BCUT2D eigenvalue weighted by Gasteiger charge is -2.26. The minimum atomic E-state index is -3.31. The summed E-state index contributed by atoms with van der Waals surface area (Å²) >= 11 is 1.41. The molecular formula is C14H24N2O2S2. The van der Waals surface area contributed by atoms with Crippen molar-refractivity contribution in [1.82, 2.24) is 9.62 Å². The Morgan fingerprint density at radius 3 is 2.85 bits per heavy atom. The van der Waals surface area contributed by atoms with Crippen LogP contribution in [0.25, 0.3) is 0 Å². The van der Waals surface area contributed by atoms with Gasteiger partial charge < -0.3 is 5.32 Å². The first-order valence-electron chi connectivity index (χ1n) is 7.22. The molecule has 1 unspecified atom stereocenters. The number of thiophene rings is 1. The average Bonchev–Trinajstić information content (AvgIpc) is 3.05. The lowest BCUT2D eigenvalue weighted by molar-refractivity contribution is 0.316. The molecular weight excluding hydrogens is 292 g/mol. The Morgan fingerprint density at radius 1 is 1.45 bits per heavy atom. The standard InChI is InChI=1S/C14H24N2O2S2/c1-11(2)13-5-4-10-16(13)20(17,18)14-7-6-12(19-14)8-9-15-3/h6-7,11,13,15H,4-5,8-10H2,1-3H3. The van der Waals surface area contributed by atoms with Crippen LogP contribution < -0.4 is 5.32 Å². The highest BCUT2D eigenvalue weighted by atomic mass is 32.2. The Kier molecular flexibility index (Phi) is 5.23. The van der Waals surface area contributed by atoms with Crippen molar-refractivity contribution in [2.24, 2.45) is 5.92 Å². The molecule has 1 N–H and O–H groups in total. The van der Waals surface area contributed by atoms with Crippen LogP contribution in [0.5, 0.6) is 0 Å². The van der Waals surface area contributed by atoms with Gasteiger partial charge in [-0.15, -0.1) is 11.3 Å². The molecule has 0 saturated carbocycles. The van der Waals surface area contributed by atoms with Crippen LogP contribution in [0.15, 0.2) is 16.3 Å². The fraction of sp³-hybridized carbons (Fsp3) is 0.714. The number of hydrogen-bond donors (Lipinski definition) is 1. The lowest BCUT2D eigenvalue weighted by Crippen LogP contribution is -2.38. The zero-order valence-corrected chi connectivity index (χ0v) is 14.1. The Hall–Kier alpha value is -0.430. The van der Waals surface area contributed by atoms with Crippen molar-refractivity contribution in [2.75, 3.05) is 20.1 Å². The van der Waals surface area contributed by atoms with Crippen molar-refractivity contribution < 1.29 is 8.42 Å². The lowest BCUT2D eigenvalue weighted by atomic mass is 10.0. The third-order valence-corrected chi connectivity index (χ3v) is 7.38. The summed E-state index contributed by atoms with van der Waals surface area (Å²) in [6, 6.07) is 3.86. The van der Waals surface area contributed by atoms with E-state index in [1.807, 2.05) is 13.1 Å². The number of sulfonamides is 1. The van der Waals surface area contributed by atoms with Crippen molar-refractivity contribution in [3.8, 4) is 0 Å². The highest BCUT2D eigenvalue weighted by Gasteiger charge is 2.37.